The third kappa shape index (κ3) is 3.83. The van der Waals surface area contributed by atoms with E-state index in [9.17, 15) is 0 Å². The Morgan fingerprint density at radius 2 is 1.09 bits per heavy atom. The van der Waals surface area contributed by atoms with Gasteiger partial charge < -0.3 is 0 Å². The molecule has 0 spiro atoms. The lowest BCUT2D eigenvalue weighted by molar-refractivity contribution is 1.56. The number of rotatable bonds is 3. The van der Waals surface area contributed by atoms with Gasteiger partial charge in [-0.05, 0) is 90.3 Å². The third-order valence-corrected chi connectivity index (χ3v) is 10.4. The molecule has 44 heavy (non-hydrogen) atoms. The molecule has 0 unspecified atom stereocenters. The summed E-state index contributed by atoms with van der Waals surface area (Å²) in [4.78, 5) is 0. The maximum absolute atomic E-state index is 8.05. The van der Waals surface area contributed by atoms with E-state index in [4.69, 9.17) is 1.37 Å². The van der Waals surface area contributed by atoms with E-state index in [0.29, 0.717) is 6.04 Å². The van der Waals surface area contributed by atoms with E-state index in [1.807, 2.05) is 23.5 Å². The molecule has 1 aromatic heterocycles. The standard InChI is InChI=1S/C43H28S/c1-27-10-8-18-38-42-33(17-9-19-39(42)44-43(27)38)29-21-23-30(24-22-29)40-34-13-4-6-15-36(34)41(37-16-7-5-14-35(37)40)32-25-20-28-11-2-3-12-31(28)26-32/h2-26H,1H3/i2D. The van der Waals surface area contributed by atoms with Gasteiger partial charge in [-0.1, -0.05) is 140 Å². The minimum Gasteiger partial charge on any atom is -0.135 e. The monoisotopic (exact) mass is 577 g/mol. The van der Waals surface area contributed by atoms with Gasteiger partial charge in [-0.2, -0.15) is 0 Å². The highest BCUT2D eigenvalue weighted by atomic mass is 32.1. The zero-order valence-corrected chi connectivity index (χ0v) is 25.1. The predicted octanol–water partition coefficient (Wildman–Crippen LogP) is 12.8. The van der Waals surface area contributed by atoms with Gasteiger partial charge in [0.25, 0.3) is 0 Å². The Hall–Kier alpha value is -5.24. The van der Waals surface area contributed by atoms with Gasteiger partial charge in [-0.25, -0.2) is 0 Å². The first-order valence-corrected chi connectivity index (χ1v) is 15.9. The Morgan fingerprint density at radius 3 is 1.82 bits per heavy atom. The van der Waals surface area contributed by atoms with E-state index in [1.165, 1.54) is 80.7 Å². The largest absolute Gasteiger partial charge is 0.135 e. The third-order valence-electron chi connectivity index (χ3n) is 9.11. The summed E-state index contributed by atoms with van der Waals surface area (Å²) in [5.74, 6) is 0. The Bertz CT molecular complexity index is 2550. The van der Waals surface area contributed by atoms with E-state index in [2.05, 4.69) is 140 Å². The van der Waals surface area contributed by atoms with Crippen molar-refractivity contribution in [2.75, 3.05) is 0 Å². The van der Waals surface area contributed by atoms with Gasteiger partial charge >= 0.3 is 0 Å². The van der Waals surface area contributed by atoms with E-state index in [1.54, 1.807) is 0 Å². The lowest BCUT2D eigenvalue weighted by atomic mass is 9.85. The molecule has 0 nitrogen and oxygen atoms in total. The molecule has 9 rings (SSSR count). The second kappa shape index (κ2) is 9.91. The maximum Gasteiger partial charge on any atom is 0.0623 e. The van der Waals surface area contributed by atoms with E-state index in [0.717, 1.165) is 10.8 Å². The molecular weight excluding hydrogens is 549 g/mol. The van der Waals surface area contributed by atoms with Crippen LogP contribution in [-0.4, -0.2) is 0 Å². The molecule has 206 valence electrons. The highest BCUT2D eigenvalue weighted by Crippen LogP contribution is 2.45. The van der Waals surface area contributed by atoms with Gasteiger partial charge in [0.05, 0.1) is 1.37 Å². The number of hydrogen-bond donors (Lipinski definition) is 0. The molecule has 0 radical (unpaired) electrons. The zero-order valence-electron chi connectivity index (χ0n) is 25.3. The number of hydrogen-bond acceptors (Lipinski definition) is 1. The number of aryl methyl sites for hydroxylation is 1. The minimum atomic E-state index is 0.539. The molecule has 0 amide bonds. The SMILES string of the molecule is [2H]c1ccc2cc(-c3c4ccccc4c(-c4ccc(-c5cccc6sc7c(C)cccc7c56)cc4)c4ccccc34)ccc2c1. The second-order valence-electron chi connectivity index (χ2n) is 11.6. The molecule has 0 aliphatic carbocycles. The average Bonchev–Trinajstić information content (AvgIpc) is 3.47. The van der Waals surface area contributed by atoms with Crippen LogP contribution >= 0.6 is 11.3 Å². The van der Waals surface area contributed by atoms with E-state index < -0.39 is 0 Å². The lowest BCUT2D eigenvalue weighted by Crippen LogP contribution is -1.91. The Kier molecular flexibility index (Phi) is 5.46. The van der Waals surface area contributed by atoms with Crippen molar-refractivity contribution >= 4 is 63.8 Å². The quantitative estimate of drug-likeness (QED) is 0.183. The molecule has 0 atom stereocenters. The molecule has 9 aromatic rings. The van der Waals surface area contributed by atoms with Crippen molar-refractivity contribution in [2.45, 2.75) is 6.92 Å². The van der Waals surface area contributed by atoms with Crippen molar-refractivity contribution in [2.24, 2.45) is 0 Å². The van der Waals surface area contributed by atoms with Crippen molar-refractivity contribution in [3.05, 3.63) is 157 Å². The fraction of sp³-hybridized carbons (Fsp3) is 0.0233. The summed E-state index contributed by atoms with van der Waals surface area (Å²) in [5, 5.41) is 9.94. The molecule has 1 heterocycles. The minimum absolute atomic E-state index is 0.539. The summed E-state index contributed by atoms with van der Waals surface area (Å²) in [6.45, 7) is 2.21. The Morgan fingerprint density at radius 1 is 0.477 bits per heavy atom. The molecule has 0 aliphatic rings. The molecule has 8 aromatic carbocycles. The molecule has 1 heteroatoms. The highest BCUT2D eigenvalue weighted by Gasteiger charge is 2.17. The molecular formula is C43H28S. The second-order valence-corrected chi connectivity index (χ2v) is 12.7. The van der Waals surface area contributed by atoms with E-state index in [-0.39, 0.29) is 0 Å². The normalized spacial score (nSPS) is 12.1. The fourth-order valence-corrected chi connectivity index (χ4v) is 8.28. The Labute approximate surface area is 261 Å². The van der Waals surface area contributed by atoms with Crippen LogP contribution in [0.4, 0.5) is 0 Å². The van der Waals surface area contributed by atoms with Crippen molar-refractivity contribution in [1.82, 2.24) is 0 Å². The first kappa shape index (κ1) is 24.2. The van der Waals surface area contributed by atoms with Crippen LogP contribution in [-0.2, 0) is 0 Å². The average molecular weight is 578 g/mol. The van der Waals surface area contributed by atoms with Crippen LogP contribution in [0, 0.1) is 6.92 Å². The van der Waals surface area contributed by atoms with Crippen LogP contribution in [0.2, 0.25) is 0 Å². The fourth-order valence-electron chi connectivity index (χ4n) is 7.08. The lowest BCUT2D eigenvalue weighted by Gasteiger charge is -2.18. The van der Waals surface area contributed by atoms with Crippen molar-refractivity contribution < 1.29 is 1.37 Å². The van der Waals surface area contributed by atoms with E-state index >= 15 is 0 Å². The summed E-state index contributed by atoms with van der Waals surface area (Å²) in [7, 11) is 0. The molecule has 0 bridgehead atoms. The van der Waals surface area contributed by atoms with Crippen molar-refractivity contribution in [1.29, 1.82) is 0 Å². The highest BCUT2D eigenvalue weighted by molar-refractivity contribution is 7.26. The van der Waals surface area contributed by atoms with Crippen LogP contribution in [0.3, 0.4) is 0 Å². The summed E-state index contributed by atoms with van der Waals surface area (Å²) in [6.07, 6.45) is 0. The number of benzene rings is 8. The summed E-state index contributed by atoms with van der Waals surface area (Å²) in [5.41, 5.74) is 8.80. The maximum atomic E-state index is 8.05. The van der Waals surface area contributed by atoms with Crippen molar-refractivity contribution in [3.63, 3.8) is 0 Å². The summed E-state index contributed by atoms with van der Waals surface area (Å²) < 4.78 is 10.8. The number of fused-ring (bicyclic) bond motifs is 6. The smallest absolute Gasteiger partial charge is 0.0623 e. The molecule has 0 aliphatic heterocycles. The molecule has 0 saturated carbocycles. The van der Waals surface area contributed by atoms with Crippen LogP contribution in [0.15, 0.2) is 152 Å². The predicted molar refractivity (Wildman–Crippen MR) is 193 cm³/mol. The van der Waals surface area contributed by atoms with Crippen LogP contribution in [0.1, 0.15) is 6.93 Å². The zero-order chi connectivity index (χ0) is 30.1. The van der Waals surface area contributed by atoms with Crippen LogP contribution in [0.25, 0.3) is 85.9 Å². The van der Waals surface area contributed by atoms with Gasteiger partial charge in [-0.3, -0.25) is 0 Å². The van der Waals surface area contributed by atoms with Gasteiger partial charge in [-0.15, -0.1) is 11.3 Å². The molecule has 0 saturated heterocycles. The van der Waals surface area contributed by atoms with Gasteiger partial charge in [0.2, 0.25) is 0 Å². The number of thiophene rings is 1. The van der Waals surface area contributed by atoms with Gasteiger partial charge in [0.1, 0.15) is 0 Å². The Balaban J connectivity index is 1.25. The summed E-state index contributed by atoms with van der Waals surface area (Å²) in [6, 6.07) is 53.2. The molecule has 0 N–H and O–H groups in total. The van der Waals surface area contributed by atoms with Gasteiger partial charge in [0.15, 0.2) is 0 Å². The van der Waals surface area contributed by atoms with Crippen molar-refractivity contribution in [3.8, 4) is 33.4 Å². The molecule has 0 fully saturated rings. The topological polar surface area (TPSA) is 0 Å². The first-order chi connectivity index (χ1) is 22.1. The van der Waals surface area contributed by atoms with Crippen LogP contribution in [0.5, 0.6) is 0 Å². The summed E-state index contributed by atoms with van der Waals surface area (Å²) >= 11 is 1.89. The van der Waals surface area contributed by atoms with Crippen LogP contribution < -0.4 is 0 Å². The van der Waals surface area contributed by atoms with Gasteiger partial charge in [0, 0.05) is 20.2 Å². The first-order valence-electron chi connectivity index (χ1n) is 15.6.